The van der Waals surface area contributed by atoms with Crippen molar-refractivity contribution in [3.8, 4) is 16.9 Å². The highest BCUT2D eigenvalue weighted by atomic mass is 16.5. The van der Waals surface area contributed by atoms with Gasteiger partial charge in [-0.15, -0.1) is 0 Å². The van der Waals surface area contributed by atoms with E-state index in [1.54, 1.807) is 7.11 Å². The van der Waals surface area contributed by atoms with Crippen LogP contribution in [0.25, 0.3) is 11.1 Å². The van der Waals surface area contributed by atoms with E-state index in [0.717, 1.165) is 12.3 Å². The number of nitrogens with one attached hydrogen (secondary N) is 1. The molecule has 2 aromatic carbocycles. The van der Waals surface area contributed by atoms with E-state index in [4.69, 9.17) is 4.74 Å². The average Bonchev–Trinajstić information content (AvgIpc) is 2.45. The van der Waals surface area contributed by atoms with Crippen LogP contribution in [0.2, 0.25) is 0 Å². The van der Waals surface area contributed by atoms with Crippen LogP contribution in [0, 0.1) is 0 Å². The van der Waals surface area contributed by atoms with E-state index in [0.29, 0.717) is 6.04 Å². The largest absolute Gasteiger partial charge is 0.497 e. The Morgan fingerprint density at radius 2 is 1.79 bits per heavy atom. The first-order chi connectivity index (χ1) is 9.20. The maximum Gasteiger partial charge on any atom is 0.119 e. The molecule has 0 aliphatic heterocycles. The van der Waals surface area contributed by atoms with E-state index < -0.39 is 0 Å². The summed E-state index contributed by atoms with van der Waals surface area (Å²) in [5.41, 5.74) is 3.76. The highest BCUT2D eigenvalue weighted by molar-refractivity contribution is 5.68. The minimum atomic E-state index is 0.467. The van der Waals surface area contributed by atoms with Gasteiger partial charge >= 0.3 is 0 Å². The Morgan fingerprint density at radius 1 is 1.05 bits per heavy atom. The van der Waals surface area contributed by atoms with Crippen LogP contribution in [-0.2, 0) is 6.54 Å². The fourth-order valence-corrected chi connectivity index (χ4v) is 2.06. The van der Waals surface area contributed by atoms with Crippen LogP contribution in [0.1, 0.15) is 19.4 Å². The molecule has 0 fully saturated rings. The zero-order chi connectivity index (χ0) is 13.7. The van der Waals surface area contributed by atoms with Crippen molar-refractivity contribution in [2.75, 3.05) is 7.11 Å². The average molecular weight is 255 g/mol. The van der Waals surface area contributed by atoms with Crippen molar-refractivity contribution in [1.29, 1.82) is 0 Å². The Hall–Kier alpha value is -1.80. The second kappa shape index (κ2) is 6.39. The molecule has 2 nitrogen and oxygen atoms in total. The molecule has 19 heavy (non-hydrogen) atoms. The normalized spacial score (nSPS) is 10.7. The lowest BCUT2D eigenvalue weighted by molar-refractivity contribution is 0.414. The van der Waals surface area contributed by atoms with E-state index >= 15 is 0 Å². The molecule has 2 heteroatoms. The summed E-state index contributed by atoms with van der Waals surface area (Å²) in [6.07, 6.45) is 0. The lowest BCUT2D eigenvalue weighted by Crippen LogP contribution is -2.22. The SMILES string of the molecule is COc1ccc(-c2ccccc2)c(CNC(C)C)c1. The minimum Gasteiger partial charge on any atom is -0.497 e. The Labute approximate surface area is 115 Å². The van der Waals surface area contributed by atoms with Crippen LogP contribution in [0.4, 0.5) is 0 Å². The Kier molecular flexibility index (Phi) is 4.58. The third-order valence-electron chi connectivity index (χ3n) is 3.10. The van der Waals surface area contributed by atoms with Crippen molar-refractivity contribution < 1.29 is 4.74 Å². The predicted octanol–water partition coefficient (Wildman–Crippen LogP) is 3.86. The van der Waals surface area contributed by atoms with Crippen molar-refractivity contribution in [1.82, 2.24) is 5.32 Å². The molecule has 100 valence electrons. The summed E-state index contributed by atoms with van der Waals surface area (Å²) < 4.78 is 5.32. The second-order valence-corrected chi connectivity index (χ2v) is 4.92. The van der Waals surface area contributed by atoms with Gasteiger partial charge in [0.15, 0.2) is 0 Å². The van der Waals surface area contributed by atoms with Gasteiger partial charge in [0.05, 0.1) is 7.11 Å². The summed E-state index contributed by atoms with van der Waals surface area (Å²) in [5.74, 6) is 0.903. The van der Waals surface area contributed by atoms with Crippen LogP contribution in [-0.4, -0.2) is 13.2 Å². The van der Waals surface area contributed by atoms with Crippen molar-refractivity contribution >= 4 is 0 Å². The molecule has 1 N–H and O–H groups in total. The summed E-state index contributed by atoms with van der Waals surface area (Å²) in [7, 11) is 1.71. The molecule has 0 spiro atoms. The molecule has 0 aliphatic rings. The van der Waals surface area contributed by atoms with Crippen LogP contribution in [0.15, 0.2) is 48.5 Å². The van der Waals surface area contributed by atoms with E-state index in [1.807, 2.05) is 12.1 Å². The highest BCUT2D eigenvalue weighted by Gasteiger charge is 2.07. The van der Waals surface area contributed by atoms with Gasteiger partial charge < -0.3 is 10.1 Å². The van der Waals surface area contributed by atoms with Gasteiger partial charge in [0.25, 0.3) is 0 Å². The summed E-state index contributed by atoms with van der Waals surface area (Å²) in [5, 5.41) is 3.47. The van der Waals surface area contributed by atoms with Crippen molar-refractivity contribution in [2.45, 2.75) is 26.4 Å². The number of rotatable bonds is 5. The Balaban J connectivity index is 2.36. The summed E-state index contributed by atoms with van der Waals surface area (Å²) in [4.78, 5) is 0. The van der Waals surface area contributed by atoms with Gasteiger partial charge in [-0.3, -0.25) is 0 Å². The highest BCUT2D eigenvalue weighted by Crippen LogP contribution is 2.27. The molecule has 0 radical (unpaired) electrons. The van der Waals surface area contributed by atoms with E-state index in [1.165, 1.54) is 16.7 Å². The molecular formula is C17H21NO. The fraction of sp³-hybridized carbons (Fsp3) is 0.294. The van der Waals surface area contributed by atoms with Gasteiger partial charge in [0.1, 0.15) is 5.75 Å². The number of hydrogen-bond donors (Lipinski definition) is 1. The van der Waals surface area contributed by atoms with Gasteiger partial charge in [0, 0.05) is 12.6 Å². The number of methoxy groups -OCH3 is 1. The molecular weight excluding hydrogens is 234 g/mol. The van der Waals surface area contributed by atoms with Crippen molar-refractivity contribution in [2.24, 2.45) is 0 Å². The quantitative estimate of drug-likeness (QED) is 0.876. The van der Waals surface area contributed by atoms with E-state index in [9.17, 15) is 0 Å². The fourth-order valence-electron chi connectivity index (χ4n) is 2.06. The molecule has 0 saturated carbocycles. The van der Waals surface area contributed by atoms with Gasteiger partial charge in [-0.05, 0) is 28.8 Å². The van der Waals surface area contributed by atoms with Crippen LogP contribution >= 0.6 is 0 Å². The molecule has 2 aromatic rings. The van der Waals surface area contributed by atoms with Gasteiger partial charge in [-0.25, -0.2) is 0 Å². The smallest absolute Gasteiger partial charge is 0.119 e. The summed E-state index contributed by atoms with van der Waals surface area (Å²) in [6.45, 7) is 5.16. The molecule has 0 unspecified atom stereocenters. The van der Waals surface area contributed by atoms with Crippen molar-refractivity contribution in [3.05, 3.63) is 54.1 Å². The van der Waals surface area contributed by atoms with E-state index in [2.05, 4.69) is 55.6 Å². The zero-order valence-corrected chi connectivity index (χ0v) is 11.8. The number of ether oxygens (including phenoxy) is 1. The topological polar surface area (TPSA) is 21.3 Å². The summed E-state index contributed by atoms with van der Waals surface area (Å²) >= 11 is 0. The molecule has 0 aliphatic carbocycles. The van der Waals surface area contributed by atoms with Gasteiger partial charge in [0.2, 0.25) is 0 Å². The molecule has 0 bridgehead atoms. The number of benzene rings is 2. The van der Waals surface area contributed by atoms with Crippen LogP contribution in [0.5, 0.6) is 5.75 Å². The van der Waals surface area contributed by atoms with E-state index in [-0.39, 0.29) is 0 Å². The van der Waals surface area contributed by atoms with Gasteiger partial charge in [-0.2, -0.15) is 0 Å². The first-order valence-corrected chi connectivity index (χ1v) is 6.66. The number of hydrogen-bond acceptors (Lipinski definition) is 2. The molecule has 0 saturated heterocycles. The first-order valence-electron chi connectivity index (χ1n) is 6.66. The van der Waals surface area contributed by atoms with Crippen LogP contribution in [0.3, 0.4) is 0 Å². The predicted molar refractivity (Wildman–Crippen MR) is 80.4 cm³/mol. The molecule has 0 aromatic heterocycles. The summed E-state index contributed by atoms with van der Waals surface area (Å²) in [6, 6.07) is 17.2. The molecule has 0 amide bonds. The lowest BCUT2D eigenvalue weighted by Gasteiger charge is -2.14. The maximum atomic E-state index is 5.32. The van der Waals surface area contributed by atoms with Crippen LogP contribution < -0.4 is 10.1 Å². The van der Waals surface area contributed by atoms with Gasteiger partial charge in [-0.1, -0.05) is 50.2 Å². The first kappa shape index (κ1) is 13.6. The minimum absolute atomic E-state index is 0.467. The van der Waals surface area contributed by atoms with Crippen molar-refractivity contribution in [3.63, 3.8) is 0 Å². The Morgan fingerprint density at radius 3 is 2.42 bits per heavy atom. The monoisotopic (exact) mass is 255 g/mol. The molecule has 0 atom stereocenters. The standard InChI is InChI=1S/C17H21NO/c1-13(2)18-12-15-11-16(19-3)9-10-17(15)14-7-5-4-6-8-14/h4-11,13,18H,12H2,1-3H3. The third kappa shape index (κ3) is 3.58. The molecule has 2 rings (SSSR count). The molecule has 0 heterocycles. The maximum absolute atomic E-state index is 5.32. The Bertz CT molecular complexity index is 520. The second-order valence-electron chi connectivity index (χ2n) is 4.92. The lowest BCUT2D eigenvalue weighted by atomic mass is 9.99. The third-order valence-corrected chi connectivity index (χ3v) is 3.10. The zero-order valence-electron chi connectivity index (χ0n) is 11.8.